The Balaban J connectivity index is 1.36. The van der Waals surface area contributed by atoms with Gasteiger partial charge in [-0.3, -0.25) is 13.7 Å². The summed E-state index contributed by atoms with van der Waals surface area (Å²) < 4.78 is 12.5. The molecule has 0 amide bonds. The number of methoxy groups -OCH3 is 1. The fourth-order valence-corrected chi connectivity index (χ4v) is 8.65. The molecule has 0 unspecified atom stereocenters. The van der Waals surface area contributed by atoms with Crippen LogP contribution in [0.15, 0.2) is 158 Å². The second kappa shape index (κ2) is 13.6. The molecule has 0 radical (unpaired) electrons. The van der Waals surface area contributed by atoms with Crippen LogP contribution in [0.3, 0.4) is 0 Å². The Morgan fingerprint density at radius 2 is 1.10 bits per heavy atom. The maximum Gasteiger partial charge on any atom is 0.220 e. The molecule has 6 aromatic carbocycles. The van der Waals surface area contributed by atoms with Gasteiger partial charge in [0.2, 0.25) is 5.95 Å². The maximum atomic E-state index is 5.83. The predicted octanol–water partition coefficient (Wildman–Crippen LogP) is 13.4. The zero-order valence-corrected chi connectivity index (χ0v) is 34.7. The highest BCUT2D eigenvalue weighted by atomic mass is 16.5. The lowest BCUT2D eigenvalue weighted by Crippen LogP contribution is -2.12. The van der Waals surface area contributed by atoms with Gasteiger partial charge in [-0.1, -0.05) is 139 Å². The van der Waals surface area contributed by atoms with Gasteiger partial charge in [0.1, 0.15) is 11.4 Å². The third-order valence-corrected chi connectivity index (χ3v) is 11.8. The zero-order valence-electron chi connectivity index (χ0n) is 34.7. The maximum absolute atomic E-state index is 5.83. The van der Waals surface area contributed by atoms with Crippen LogP contribution in [0.4, 0.5) is 0 Å². The monoisotopic (exact) mass is 769 g/mol. The van der Waals surface area contributed by atoms with E-state index in [1.807, 2.05) is 12.4 Å². The summed E-state index contributed by atoms with van der Waals surface area (Å²) in [4.78, 5) is 10.9. The molecule has 0 aliphatic rings. The van der Waals surface area contributed by atoms with Crippen molar-refractivity contribution >= 4 is 43.9 Å². The fraction of sp³-hybridized carbons (Fsp3) is 0.170. The van der Waals surface area contributed by atoms with Crippen LogP contribution in [-0.4, -0.2) is 30.8 Å². The Morgan fingerprint density at radius 3 is 1.73 bits per heavy atom. The Hall–Kier alpha value is -6.92. The largest absolute Gasteiger partial charge is 0.497 e. The van der Waals surface area contributed by atoms with Crippen LogP contribution in [0.25, 0.3) is 83.4 Å². The van der Waals surface area contributed by atoms with Gasteiger partial charge in [0, 0.05) is 50.9 Å². The predicted molar refractivity (Wildman–Crippen MR) is 245 cm³/mol. The SMILES string of the molecule is COc1ccc(-c2c3c4ccccc4n(-c4cc(-c5ccccc5)cc(C(C)(C)C)c4)c3nc3c2c2ccccc2n3-c2nccn2-c2ccc(C(C)(C)C)cc2)cc1. The number of aromatic nitrogens is 5. The summed E-state index contributed by atoms with van der Waals surface area (Å²) in [7, 11) is 1.72. The molecule has 6 heteroatoms. The van der Waals surface area contributed by atoms with E-state index in [1.165, 1.54) is 22.3 Å². The fourth-order valence-electron chi connectivity index (χ4n) is 8.65. The van der Waals surface area contributed by atoms with Gasteiger partial charge >= 0.3 is 0 Å². The molecule has 6 nitrogen and oxygen atoms in total. The van der Waals surface area contributed by atoms with Gasteiger partial charge in [-0.15, -0.1) is 0 Å². The Bertz CT molecular complexity index is 3190. The number of fused-ring (bicyclic) bond motifs is 6. The Labute approximate surface area is 345 Å². The smallest absolute Gasteiger partial charge is 0.220 e. The summed E-state index contributed by atoms with van der Waals surface area (Å²) in [6.45, 7) is 13.6. The van der Waals surface area contributed by atoms with E-state index in [1.54, 1.807) is 7.11 Å². The number of hydrogen-bond acceptors (Lipinski definition) is 3. The summed E-state index contributed by atoms with van der Waals surface area (Å²) in [5.74, 6) is 1.59. The highest BCUT2D eigenvalue weighted by molar-refractivity contribution is 6.26. The van der Waals surface area contributed by atoms with Crippen molar-refractivity contribution in [3.05, 3.63) is 169 Å². The quantitative estimate of drug-likeness (QED) is 0.169. The molecule has 0 aliphatic carbocycles. The second-order valence-electron chi connectivity index (χ2n) is 17.6. The summed E-state index contributed by atoms with van der Waals surface area (Å²) in [6, 6.07) is 52.4. The molecule has 4 heterocycles. The number of rotatable bonds is 6. The number of ether oxygens (including phenoxy) is 1. The summed E-state index contributed by atoms with van der Waals surface area (Å²) in [5.41, 5.74) is 13.0. The van der Waals surface area contributed by atoms with Gasteiger partial charge in [0.15, 0.2) is 5.65 Å². The average molecular weight is 770 g/mol. The van der Waals surface area contributed by atoms with Crippen LogP contribution in [0.2, 0.25) is 0 Å². The van der Waals surface area contributed by atoms with Crippen molar-refractivity contribution in [3.63, 3.8) is 0 Å². The Morgan fingerprint density at radius 1 is 0.508 bits per heavy atom. The van der Waals surface area contributed by atoms with Crippen LogP contribution in [0.1, 0.15) is 52.7 Å². The van der Waals surface area contributed by atoms with E-state index in [4.69, 9.17) is 14.7 Å². The number of benzene rings is 6. The Kier molecular flexibility index (Phi) is 8.39. The minimum Gasteiger partial charge on any atom is -0.497 e. The topological polar surface area (TPSA) is 49.8 Å². The molecule has 59 heavy (non-hydrogen) atoms. The number of pyridine rings is 1. The molecule has 0 aliphatic heterocycles. The van der Waals surface area contributed by atoms with Gasteiger partial charge in [0.05, 0.1) is 18.1 Å². The lowest BCUT2D eigenvalue weighted by atomic mass is 9.85. The van der Waals surface area contributed by atoms with E-state index in [-0.39, 0.29) is 10.8 Å². The van der Waals surface area contributed by atoms with Crippen LogP contribution in [0.5, 0.6) is 5.75 Å². The molecule has 0 saturated heterocycles. The van der Waals surface area contributed by atoms with E-state index in [0.717, 1.165) is 78.1 Å². The first-order valence-electron chi connectivity index (χ1n) is 20.4. The third kappa shape index (κ3) is 6.01. The summed E-state index contributed by atoms with van der Waals surface area (Å²) >= 11 is 0. The van der Waals surface area contributed by atoms with Crippen molar-refractivity contribution in [2.24, 2.45) is 0 Å². The molecule has 10 aromatic rings. The van der Waals surface area contributed by atoms with Crippen molar-refractivity contribution in [3.8, 4) is 45.3 Å². The van der Waals surface area contributed by atoms with Crippen LogP contribution in [0, 0.1) is 0 Å². The van der Waals surface area contributed by atoms with Crippen LogP contribution < -0.4 is 4.74 Å². The highest BCUT2D eigenvalue weighted by Crippen LogP contribution is 2.46. The van der Waals surface area contributed by atoms with Crippen molar-refractivity contribution in [1.82, 2.24) is 23.7 Å². The number of para-hydroxylation sites is 2. The van der Waals surface area contributed by atoms with Gasteiger partial charge in [-0.05, 0) is 87.2 Å². The second-order valence-corrected chi connectivity index (χ2v) is 17.6. The van der Waals surface area contributed by atoms with E-state index >= 15 is 0 Å². The first-order valence-corrected chi connectivity index (χ1v) is 20.4. The lowest BCUT2D eigenvalue weighted by molar-refractivity contribution is 0.415. The molecule has 0 N–H and O–H groups in total. The normalized spacial score (nSPS) is 12.3. The van der Waals surface area contributed by atoms with Crippen LogP contribution >= 0.6 is 0 Å². The summed E-state index contributed by atoms with van der Waals surface area (Å²) in [5, 5.41) is 4.43. The number of hydrogen-bond donors (Lipinski definition) is 0. The number of nitrogens with zero attached hydrogens (tertiary/aromatic N) is 5. The molecule has 0 bridgehead atoms. The molecule has 4 aromatic heterocycles. The minimum atomic E-state index is -0.0954. The van der Waals surface area contributed by atoms with Gasteiger partial charge in [0.25, 0.3) is 0 Å². The molecule has 0 spiro atoms. The average Bonchev–Trinajstić information content (AvgIpc) is 3.95. The van der Waals surface area contributed by atoms with Crippen molar-refractivity contribution in [1.29, 1.82) is 0 Å². The van der Waals surface area contributed by atoms with E-state index < -0.39 is 0 Å². The minimum absolute atomic E-state index is 0.0446. The molecule has 290 valence electrons. The first-order chi connectivity index (χ1) is 28.5. The van der Waals surface area contributed by atoms with Crippen molar-refractivity contribution in [2.45, 2.75) is 52.4 Å². The van der Waals surface area contributed by atoms with E-state index in [0.29, 0.717) is 0 Å². The van der Waals surface area contributed by atoms with Gasteiger partial charge in [-0.25, -0.2) is 9.97 Å². The molecule has 10 rings (SSSR count). The summed E-state index contributed by atoms with van der Waals surface area (Å²) in [6.07, 6.45) is 3.93. The van der Waals surface area contributed by atoms with Gasteiger partial charge < -0.3 is 4.74 Å². The molecule has 0 atom stereocenters. The van der Waals surface area contributed by atoms with E-state index in [9.17, 15) is 0 Å². The molecular formula is C53H47N5O. The van der Waals surface area contributed by atoms with Gasteiger partial charge in [-0.2, -0.15) is 0 Å². The highest BCUT2D eigenvalue weighted by Gasteiger charge is 2.27. The van der Waals surface area contributed by atoms with Crippen LogP contribution in [-0.2, 0) is 10.8 Å². The third-order valence-electron chi connectivity index (χ3n) is 11.8. The number of imidazole rings is 1. The first kappa shape index (κ1) is 36.4. The molecule has 0 fully saturated rings. The van der Waals surface area contributed by atoms with Crippen molar-refractivity contribution in [2.75, 3.05) is 7.11 Å². The molecular weight excluding hydrogens is 723 g/mol. The lowest BCUT2D eigenvalue weighted by Gasteiger charge is -2.22. The van der Waals surface area contributed by atoms with E-state index in [2.05, 4.69) is 201 Å². The molecule has 0 saturated carbocycles. The van der Waals surface area contributed by atoms with Crippen molar-refractivity contribution < 1.29 is 4.74 Å². The standard InChI is InChI=1S/C53H47N5O/c1-52(2,3)37-23-25-39(26-24-37)56-30-29-54-51(56)58-45-20-14-12-18-43(45)48-46(35-21-27-41(59-7)28-22-35)47-42-17-11-13-19-44(42)57(49(47)55-50(48)58)40-32-36(34-15-9-8-10-16-34)31-38(33-40)53(4,5)6/h8-33H,1-7H3. The zero-order chi connectivity index (χ0) is 40.6.